The number of hydrogen-bond acceptors (Lipinski definition) is 3. The Morgan fingerprint density at radius 3 is 2.54 bits per heavy atom. The number of alkyl halides is 3. The number of hydrogen-bond donors (Lipinski definition) is 1. The van der Waals surface area contributed by atoms with Crippen molar-refractivity contribution in [2.24, 2.45) is 5.92 Å². The lowest BCUT2D eigenvalue weighted by atomic mass is 10.0. The van der Waals surface area contributed by atoms with E-state index in [9.17, 15) is 22.8 Å². The second-order valence-electron chi connectivity index (χ2n) is 6.84. The summed E-state index contributed by atoms with van der Waals surface area (Å²) in [5.41, 5.74) is -0.0270. The Kier molecular flexibility index (Phi) is 5.50. The van der Waals surface area contributed by atoms with Crippen LogP contribution < -0.4 is 5.32 Å². The number of rotatable bonds is 4. The minimum atomic E-state index is -4.34. The summed E-state index contributed by atoms with van der Waals surface area (Å²) in [5, 5.41) is 2.73. The van der Waals surface area contributed by atoms with Crippen LogP contribution in [0.25, 0.3) is 0 Å². The van der Waals surface area contributed by atoms with E-state index < -0.39 is 11.7 Å². The van der Waals surface area contributed by atoms with Crippen LogP contribution in [0, 0.1) is 5.92 Å². The van der Waals surface area contributed by atoms with Crippen LogP contribution in [0.2, 0.25) is 0 Å². The molecule has 1 aromatic carbocycles. The zero-order chi connectivity index (χ0) is 18.7. The lowest BCUT2D eigenvalue weighted by molar-refractivity contribution is -0.138. The maximum Gasteiger partial charge on any atom is 0.416 e. The van der Waals surface area contributed by atoms with Gasteiger partial charge in [-0.25, -0.2) is 0 Å². The van der Waals surface area contributed by atoms with E-state index in [0.29, 0.717) is 51.3 Å². The first-order valence-corrected chi connectivity index (χ1v) is 8.77. The summed E-state index contributed by atoms with van der Waals surface area (Å²) in [7, 11) is 0. The van der Waals surface area contributed by atoms with Crippen LogP contribution in [0.1, 0.15) is 24.0 Å². The first-order valence-electron chi connectivity index (χ1n) is 8.77. The molecule has 2 aliphatic rings. The molecule has 0 saturated carbocycles. The van der Waals surface area contributed by atoms with Crippen LogP contribution in [0.4, 0.5) is 13.2 Å². The molecule has 1 aromatic rings. The molecule has 2 aliphatic heterocycles. The third kappa shape index (κ3) is 4.55. The van der Waals surface area contributed by atoms with E-state index in [1.165, 1.54) is 12.1 Å². The van der Waals surface area contributed by atoms with Crippen molar-refractivity contribution in [2.45, 2.75) is 25.6 Å². The fraction of sp³-hybridized carbons (Fsp3) is 0.556. The fourth-order valence-electron chi connectivity index (χ4n) is 3.44. The summed E-state index contributed by atoms with van der Waals surface area (Å²) in [6, 6.07) is 5.35. The first kappa shape index (κ1) is 18.7. The predicted octanol–water partition coefficient (Wildman–Crippen LogP) is 1.88. The zero-order valence-corrected chi connectivity index (χ0v) is 14.4. The van der Waals surface area contributed by atoms with Gasteiger partial charge in [-0.05, 0) is 18.1 Å². The van der Waals surface area contributed by atoms with Crippen molar-refractivity contribution in [3.05, 3.63) is 35.4 Å². The third-order valence-electron chi connectivity index (χ3n) is 4.97. The molecule has 2 fully saturated rings. The van der Waals surface area contributed by atoms with E-state index in [-0.39, 0.29) is 24.2 Å². The summed E-state index contributed by atoms with van der Waals surface area (Å²) >= 11 is 0. The Morgan fingerprint density at radius 1 is 1.19 bits per heavy atom. The molecule has 0 bridgehead atoms. The molecule has 3 rings (SSSR count). The van der Waals surface area contributed by atoms with E-state index in [0.717, 1.165) is 6.07 Å². The molecular weight excluding hydrogens is 347 g/mol. The van der Waals surface area contributed by atoms with Crippen LogP contribution in [0.5, 0.6) is 0 Å². The fourth-order valence-corrected chi connectivity index (χ4v) is 3.44. The Hall–Kier alpha value is -2.09. The third-order valence-corrected chi connectivity index (χ3v) is 4.97. The molecule has 142 valence electrons. The number of carbonyl (C=O) groups excluding carboxylic acids is 2. The molecule has 26 heavy (non-hydrogen) atoms. The maximum absolute atomic E-state index is 12.8. The highest BCUT2D eigenvalue weighted by Crippen LogP contribution is 2.29. The van der Waals surface area contributed by atoms with E-state index in [4.69, 9.17) is 0 Å². The van der Waals surface area contributed by atoms with Gasteiger partial charge in [0, 0.05) is 51.6 Å². The molecule has 0 aromatic heterocycles. The van der Waals surface area contributed by atoms with E-state index in [1.807, 2.05) is 4.90 Å². The highest BCUT2D eigenvalue weighted by Gasteiger charge is 2.31. The predicted molar refractivity (Wildman–Crippen MR) is 89.0 cm³/mol. The lowest BCUT2D eigenvalue weighted by Crippen LogP contribution is -2.48. The van der Waals surface area contributed by atoms with Gasteiger partial charge in [0.2, 0.25) is 11.8 Å². The Morgan fingerprint density at radius 2 is 1.92 bits per heavy atom. The number of carbonyl (C=O) groups is 2. The van der Waals surface area contributed by atoms with Crippen molar-refractivity contribution < 1.29 is 22.8 Å². The van der Waals surface area contributed by atoms with Gasteiger partial charge >= 0.3 is 6.18 Å². The van der Waals surface area contributed by atoms with E-state index in [2.05, 4.69) is 5.32 Å². The van der Waals surface area contributed by atoms with Crippen LogP contribution in [0.3, 0.4) is 0 Å². The lowest BCUT2D eigenvalue weighted by Gasteiger charge is -2.35. The molecule has 0 aliphatic carbocycles. The van der Waals surface area contributed by atoms with Crippen LogP contribution in [0.15, 0.2) is 24.3 Å². The van der Waals surface area contributed by atoms with Crippen molar-refractivity contribution in [3.8, 4) is 0 Å². The SMILES string of the molecule is O=C1NCCC1CC(=O)N1CCN(Cc2cccc(C(F)(F)F)c2)CC1. The monoisotopic (exact) mass is 369 g/mol. The Bertz CT molecular complexity index is 670. The zero-order valence-electron chi connectivity index (χ0n) is 14.4. The number of nitrogens with one attached hydrogen (secondary N) is 1. The number of amides is 2. The van der Waals surface area contributed by atoms with Gasteiger partial charge in [0.25, 0.3) is 0 Å². The molecule has 8 heteroatoms. The topological polar surface area (TPSA) is 52.7 Å². The standard InChI is InChI=1S/C18H22F3N3O2/c19-18(20,21)15-3-1-2-13(10-15)12-23-6-8-24(9-7-23)16(25)11-14-4-5-22-17(14)26/h1-3,10,14H,4-9,11-12H2,(H,22,26). The smallest absolute Gasteiger partial charge is 0.356 e. The van der Waals surface area contributed by atoms with E-state index in [1.54, 1.807) is 11.0 Å². The van der Waals surface area contributed by atoms with Gasteiger partial charge in [0.1, 0.15) is 0 Å². The van der Waals surface area contributed by atoms with Crippen molar-refractivity contribution in [3.63, 3.8) is 0 Å². The summed E-state index contributed by atoms with van der Waals surface area (Å²) in [6.45, 7) is 3.34. The minimum absolute atomic E-state index is 0.0224. The summed E-state index contributed by atoms with van der Waals surface area (Å²) < 4.78 is 38.4. The molecule has 1 N–H and O–H groups in total. The van der Waals surface area contributed by atoms with Gasteiger partial charge in [-0.2, -0.15) is 13.2 Å². The molecular formula is C18H22F3N3O2. The second-order valence-corrected chi connectivity index (χ2v) is 6.84. The molecule has 5 nitrogen and oxygen atoms in total. The average molecular weight is 369 g/mol. The van der Waals surface area contributed by atoms with E-state index >= 15 is 0 Å². The quantitative estimate of drug-likeness (QED) is 0.882. The van der Waals surface area contributed by atoms with Gasteiger partial charge in [-0.15, -0.1) is 0 Å². The molecule has 2 heterocycles. The highest BCUT2D eigenvalue weighted by atomic mass is 19.4. The largest absolute Gasteiger partial charge is 0.416 e. The van der Waals surface area contributed by atoms with Gasteiger partial charge in [0.15, 0.2) is 0 Å². The van der Waals surface area contributed by atoms with Crippen molar-refractivity contribution in [1.82, 2.24) is 15.1 Å². The molecule has 2 saturated heterocycles. The van der Waals surface area contributed by atoms with Crippen LogP contribution in [-0.4, -0.2) is 54.3 Å². The summed E-state index contributed by atoms with van der Waals surface area (Å²) in [4.78, 5) is 27.7. The first-order chi connectivity index (χ1) is 12.3. The number of piperazine rings is 1. The molecule has 1 unspecified atom stereocenters. The average Bonchev–Trinajstić information content (AvgIpc) is 3.00. The summed E-state index contributed by atoms with van der Waals surface area (Å²) in [5.74, 6) is -0.307. The second kappa shape index (κ2) is 7.65. The van der Waals surface area contributed by atoms with Crippen molar-refractivity contribution >= 4 is 11.8 Å². The number of halogens is 3. The van der Waals surface area contributed by atoms with Gasteiger partial charge < -0.3 is 10.2 Å². The van der Waals surface area contributed by atoms with Crippen molar-refractivity contribution in [2.75, 3.05) is 32.7 Å². The molecule has 0 spiro atoms. The molecule has 1 atom stereocenters. The van der Waals surface area contributed by atoms with Gasteiger partial charge in [-0.3, -0.25) is 14.5 Å². The van der Waals surface area contributed by atoms with Crippen molar-refractivity contribution in [1.29, 1.82) is 0 Å². The Labute approximate surface area is 150 Å². The Balaban J connectivity index is 1.49. The van der Waals surface area contributed by atoms with Crippen LogP contribution in [-0.2, 0) is 22.3 Å². The van der Waals surface area contributed by atoms with Gasteiger partial charge in [0.05, 0.1) is 5.56 Å². The molecule has 2 amide bonds. The normalized spacial score (nSPS) is 21.7. The van der Waals surface area contributed by atoms with Crippen LogP contribution >= 0.6 is 0 Å². The molecule has 0 radical (unpaired) electrons. The number of nitrogens with zero attached hydrogens (tertiary/aromatic N) is 2. The summed E-state index contributed by atoms with van der Waals surface area (Å²) in [6.07, 6.45) is -3.41. The number of benzene rings is 1. The van der Waals surface area contributed by atoms with Gasteiger partial charge in [-0.1, -0.05) is 18.2 Å². The highest BCUT2D eigenvalue weighted by molar-refractivity contribution is 5.87. The minimum Gasteiger partial charge on any atom is -0.356 e. The maximum atomic E-state index is 12.8.